The van der Waals surface area contributed by atoms with Gasteiger partial charge in [0.2, 0.25) is 5.91 Å². The summed E-state index contributed by atoms with van der Waals surface area (Å²) in [6, 6.07) is 6.21. The molecule has 0 fully saturated rings. The number of carbonyl (C=O) groups excluding carboxylic acids is 1. The summed E-state index contributed by atoms with van der Waals surface area (Å²) in [5.74, 6) is 0.107. The van der Waals surface area contributed by atoms with Crippen LogP contribution < -0.4 is 5.32 Å². The number of aliphatic hydroxyl groups is 1. The summed E-state index contributed by atoms with van der Waals surface area (Å²) in [6.45, 7) is 2.01. The van der Waals surface area contributed by atoms with Crippen molar-refractivity contribution in [1.29, 1.82) is 0 Å². The average Bonchev–Trinajstić information content (AvgIpc) is 2.36. The zero-order valence-electron chi connectivity index (χ0n) is 10.8. The largest absolute Gasteiger partial charge is 0.396 e. The van der Waals surface area contributed by atoms with Crippen LogP contribution in [0.3, 0.4) is 0 Å². The predicted octanol–water partition coefficient (Wildman–Crippen LogP) is 1.39. The van der Waals surface area contributed by atoms with Crippen LogP contribution >= 0.6 is 0 Å². The zero-order valence-corrected chi connectivity index (χ0v) is 10.8. The van der Waals surface area contributed by atoms with Gasteiger partial charge in [-0.25, -0.2) is 0 Å². The van der Waals surface area contributed by atoms with Gasteiger partial charge < -0.3 is 15.3 Å². The first-order valence-corrected chi connectivity index (χ1v) is 6.40. The second kappa shape index (κ2) is 5.98. The lowest BCUT2D eigenvalue weighted by atomic mass is 10.0. The molecule has 1 amide bonds. The van der Waals surface area contributed by atoms with Crippen LogP contribution in [0.2, 0.25) is 0 Å². The summed E-state index contributed by atoms with van der Waals surface area (Å²) in [4.78, 5) is 13.5. The first-order valence-electron chi connectivity index (χ1n) is 6.40. The van der Waals surface area contributed by atoms with Gasteiger partial charge in [0.1, 0.15) is 0 Å². The van der Waals surface area contributed by atoms with E-state index in [1.165, 1.54) is 11.1 Å². The Hall–Kier alpha value is -1.39. The number of carbonyl (C=O) groups is 1. The number of anilines is 1. The molecule has 1 aliphatic rings. The number of nitrogens with zero attached hydrogens (tertiary/aromatic N) is 1. The molecule has 0 radical (unpaired) electrons. The van der Waals surface area contributed by atoms with Crippen LogP contribution in [0, 0.1) is 0 Å². The second-order valence-corrected chi connectivity index (χ2v) is 4.85. The molecule has 0 spiro atoms. The fourth-order valence-electron chi connectivity index (χ4n) is 2.27. The molecule has 18 heavy (non-hydrogen) atoms. The SMILES string of the molecule is CN(CCCO)Cc1ccc2c(c1)CCC(=O)N2. The number of nitrogens with one attached hydrogen (secondary N) is 1. The summed E-state index contributed by atoms with van der Waals surface area (Å²) < 4.78 is 0. The molecule has 1 aromatic carbocycles. The third kappa shape index (κ3) is 3.31. The molecule has 4 nitrogen and oxygen atoms in total. The van der Waals surface area contributed by atoms with Crippen molar-refractivity contribution in [3.8, 4) is 0 Å². The number of hydrogen-bond acceptors (Lipinski definition) is 3. The van der Waals surface area contributed by atoms with Crippen molar-refractivity contribution in [2.45, 2.75) is 25.8 Å². The predicted molar refractivity (Wildman–Crippen MR) is 71.4 cm³/mol. The van der Waals surface area contributed by atoms with E-state index < -0.39 is 0 Å². The van der Waals surface area contributed by atoms with Gasteiger partial charge in [-0.05, 0) is 37.1 Å². The average molecular weight is 248 g/mol. The standard InChI is InChI=1S/C14H20N2O2/c1-16(7-2-8-17)10-11-3-5-13-12(9-11)4-6-14(18)15-13/h3,5,9,17H,2,4,6-8,10H2,1H3,(H,15,18). The molecule has 0 atom stereocenters. The van der Waals surface area contributed by atoms with Crippen LogP contribution in [0.5, 0.6) is 0 Å². The molecule has 0 bridgehead atoms. The number of amides is 1. The maximum Gasteiger partial charge on any atom is 0.224 e. The smallest absolute Gasteiger partial charge is 0.224 e. The molecule has 1 heterocycles. The Balaban J connectivity index is 2.00. The van der Waals surface area contributed by atoms with E-state index in [0.29, 0.717) is 6.42 Å². The quantitative estimate of drug-likeness (QED) is 0.828. The summed E-state index contributed by atoms with van der Waals surface area (Å²) >= 11 is 0. The van der Waals surface area contributed by atoms with Gasteiger partial charge in [-0.1, -0.05) is 12.1 Å². The van der Waals surface area contributed by atoms with E-state index in [2.05, 4.69) is 29.4 Å². The highest BCUT2D eigenvalue weighted by molar-refractivity contribution is 5.93. The van der Waals surface area contributed by atoms with Crippen molar-refractivity contribution >= 4 is 11.6 Å². The Labute approximate surface area is 108 Å². The van der Waals surface area contributed by atoms with Crippen molar-refractivity contribution in [2.75, 3.05) is 25.5 Å². The Kier molecular flexibility index (Phi) is 4.33. The fraction of sp³-hybridized carbons (Fsp3) is 0.500. The van der Waals surface area contributed by atoms with E-state index in [4.69, 9.17) is 5.11 Å². The molecule has 98 valence electrons. The molecule has 4 heteroatoms. The number of hydrogen-bond donors (Lipinski definition) is 2. The van der Waals surface area contributed by atoms with Crippen molar-refractivity contribution < 1.29 is 9.90 Å². The molecule has 1 aliphatic heterocycles. The van der Waals surface area contributed by atoms with Crippen molar-refractivity contribution in [2.24, 2.45) is 0 Å². The summed E-state index contributed by atoms with van der Waals surface area (Å²) in [7, 11) is 2.05. The number of aryl methyl sites for hydroxylation is 1. The van der Waals surface area contributed by atoms with E-state index in [9.17, 15) is 4.79 Å². The van der Waals surface area contributed by atoms with E-state index >= 15 is 0 Å². The Morgan fingerprint density at radius 1 is 1.39 bits per heavy atom. The summed E-state index contributed by atoms with van der Waals surface area (Å²) in [5, 5.41) is 11.7. The fourth-order valence-corrected chi connectivity index (χ4v) is 2.27. The van der Waals surface area contributed by atoms with Gasteiger partial charge in [-0.3, -0.25) is 4.79 Å². The third-order valence-electron chi connectivity index (χ3n) is 3.22. The molecular weight excluding hydrogens is 228 g/mol. The topological polar surface area (TPSA) is 52.6 Å². The Morgan fingerprint density at radius 3 is 3.00 bits per heavy atom. The Morgan fingerprint density at radius 2 is 2.22 bits per heavy atom. The van der Waals surface area contributed by atoms with Gasteiger partial charge in [0, 0.05) is 31.8 Å². The highest BCUT2D eigenvalue weighted by atomic mass is 16.3. The lowest BCUT2D eigenvalue weighted by Gasteiger charge is -2.20. The summed E-state index contributed by atoms with van der Waals surface area (Å²) in [6.07, 6.45) is 2.21. The van der Waals surface area contributed by atoms with Crippen LogP contribution in [-0.4, -0.2) is 36.1 Å². The van der Waals surface area contributed by atoms with Crippen LogP contribution in [0.25, 0.3) is 0 Å². The normalized spacial score (nSPS) is 14.5. The second-order valence-electron chi connectivity index (χ2n) is 4.85. The molecule has 0 saturated heterocycles. The minimum atomic E-state index is 0.107. The molecule has 0 aromatic heterocycles. The number of benzene rings is 1. The molecule has 0 saturated carbocycles. The van der Waals surface area contributed by atoms with Crippen molar-refractivity contribution in [3.63, 3.8) is 0 Å². The molecule has 1 aromatic rings. The minimum Gasteiger partial charge on any atom is -0.396 e. The van der Waals surface area contributed by atoms with Crippen LogP contribution in [0.15, 0.2) is 18.2 Å². The minimum absolute atomic E-state index is 0.107. The first kappa shape index (κ1) is 13.1. The van der Waals surface area contributed by atoms with Crippen LogP contribution in [-0.2, 0) is 17.8 Å². The van der Waals surface area contributed by atoms with Gasteiger partial charge in [-0.15, -0.1) is 0 Å². The van der Waals surface area contributed by atoms with Gasteiger partial charge in [0.05, 0.1) is 0 Å². The van der Waals surface area contributed by atoms with Gasteiger partial charge in [0.25, 0.3) is 0 Å². The highest BCUT2D eigenvalue weighted by Crippen LogP contribution is 2.23. The Bertz CT molecular complexity index is 432. The number of fused-ring (bicyclic) bond motifs is 1. The number of aliphatic hydroxyl groups excluding tert-OH is 1. The van der Waals surface area contributed by atoms with Gasteiger partial charge in [-0.2, -0.15) is 0 Å². The van der Waals surface area contributed by atoms with Gasteiger partial charge in [0.15, 0.2) is 0 Å². The lowest BCUT2D eigenvalue weighted by molar-refractivity contribution is -0.116. The van der Waals surface area contributed by atoms with E-state index in [1.807, 2.05) is 6.07 Å². The van der Waals surface area contributed by atoms with E-state index in [0.717, 1.165) is 31.6 Å². The molecule has 2 N–H and O–H groups in total. The van der Waals surface area contributed by atoms with E-state index in [1.54, 1.807) is 0 Å². The van der Waals surface area contributed by atoms with Crippen molar-refractivity contribution in [1.82, 2.24) is 4.90 Å². The molecule has 2 rings (SSSR count). The van der Waals surface area contributed by atoms with Crippen LogP contribution in [0.1, 0.15) is 24.0 Å². The maximum atomic E-state index is 11.3. The molecule has 0 aliphatic carbocycles. The van der Waals surface area contributed by atoms with E-state index in [-0.39, 0.29) is 12.5 Å². The highest BCUT2D eigenvalue weighted by Gasteiger charge is 2.14. The monoisotopic (exact) mass is 248 g/mol. The molecule has 0 unspecified atom stereocenters. The zero-order chi connectivity index (χ0) is 13.0. The maximum absolute atomic E-state index is 11.3. The molecular formula is C14H20N2O2. The lowest BCUT2D eigenvalue weighted by Crippen LogP contribution is -2.21. The first-order chi connectivity index (χ1) is 8.69. The van der Waals surface area contributed by atoms with Crippen molar-refractivity contribution in [3.05, 3.63) is 29.3 Å². The van der Waals surface area contributed by atoms with Gasteiger partial charge >= 0.3 is 0 Å². The van der Waals surface area contributed by atoms with Crippen LogP contribution in [0.4, 0.5) is 5.69 Å². The third-order valence-corrected chi connectivity index (χ3v) is 3.22. The number of rotatable bonds is 5. The summed E-state index contributed by atoms with van der Waals surface area (Å²) in [5.41, 5.74) is 3.43.